The summed E-state index contributed by atoms with van der Waals surface area (Å²) in [6, 6.07) is 9.60. The summed E-state index contributed by atoms with van der Waals surface area (Å²) < 4.78 is 14.1. The normalized spacial score (nSPS) is 10.4. The second-order valence-corrected chi connectivity index (χ2v) is 4.65. The molecule has 1 aromatic carbocycles. The Labute approximate surface area is 125 Å². The van der Waals surface area contributed by atoms with Gasteiger partial charge in [-0.1, -0.05) is 0 Å². The Hall–Kier alpha value is -3.08. The first-order valence-corrected chi connectivity index (χ1v) is 6.54. The first kappa shape index (κ1) is 13.9. The number of aromatic nitrogens is 2. The largest absolute Gasteiger partial charge is 0.478 e. The maximum Gasteiger partial charge on any atom is 0.338 e. The average molecular weight is 294 g/mol. The van der Waals surface area contributed by atoms with Crippen LogP contribution in [0.15, 0.2) is 61.2 Å². The maximum absolute atomic E-state index is 14.1. The second-order valence-electron chi connectivity index (χ2n) is 4.65. The van der Waals surface area contributed by atoms with E-state index in [1.807, 2.05) is 0 Å². The van der Waals surface area contributed by atoms with Crippen LogP contribution >= 0.6 is 0 Å². The molecule has 5 heteroatoms. The van der Waals surface area contributed by atoms with E-state index in [1.54, 1.807) is 49.1 Å². The van der Waals surface area contributed by atoms with Gasteiger partial charge in [0.25, 0.3) is 0 Å². The van der Waals surface area contributed by atoms with E-state index in [0.717, 1.165) is 11.1 Å². The number of carboxylic acid groups (broad SMARTS) is 1. The number of pyridine rings is 2. The summed E-state index contributed by atoms with van der Waals surface area (Å²) in [6.45, 7) is 0. The lowest BCUT2D eigenvalue weighted by atomic mass is 9.93. The van der Waals surface area contributed by atoms with Crippen molar-refractivity contribution in [3.8, 4) is 22.3 Å². The van der Waals surface area contributed by atoms with Crippen molar-refractivity contribution in [3.63, 3.8) is 0 Å². The summed E-state index contributed by atoms with van der Waals surface area (Å²) in [5, 5.41) is 9.14. The molecule has 0 atom stereocenters. The molecule has 0 radical (unpaired) electrons. The van der Waals surface area contributed by atoms with E-state index < -0.39 is 11.8 Å². The van der Waals surface area contributed by atoms with Gasteiger partial charge in [0.05, 0.1) is 5.56 Å². The summed E-state index contributed by atoms with van der Waals surface area (Å²) >= 11 is 0. The summed E-state index contributed by atoms with van der Waals surface area (Å²) in [5.41, 5.74) is 2.41. The fourth-order valence-corrected chi connectivity index (χ4v) is 2.28. The highest BCUT2D eigenvalue weighted by Gasteiger charge is 2.17. The molecule has 0 saturated heterocycles. The van der Waals surface area contributed by atoms with Crippen LogP contribution in [0, 0.1) is 5.82 Å². The van der Waals surface area contributed by atoms with Gasteiger partial charge in [0.1, 0.15) is 5.82 Å². The molecule has 0 aliphatic rings. The van der Waals surface area contributed by atoms with Crippen LogP contribution in [0.1, 0.15) is 10.4 Å². The number of carboxylic acids is 1. The van der Waals surface area contributed by atoms with Gasteiger partial charge in [0, 0.05) is 24.8 Å². The highest BCUT2D eigenvalue weighted by atomic mass is 19.1. The molecule has 2 aromatic heterocycles. The molecule has 0 saturated carbocycles. The van der Waals surface area contributed by atoms with Crippen molar-refractivity contribution in [2.75, 3.05) is 0 Å². The lowest BCUT2D eigenvalue weighted by Gasteiger charge is -2.12. The molecule has 4 nitrogen and oxygen atoms in total. The second kappa shape index (κ2) is 5.73. The van der Waals surface area contributed by atoms with E-state index in [9.17, 15) is 9.18 Å². The van der Waals surface area contributed by atoms with Gasteiger partial charge in [-0.2, -0.15) is 0 Å². The fourth-order valence-electron chi connectivity index (χ4n) is 2.28. The molecule has 3 aromatic rings. The van der Waals surface area contributed by atoms with Gasteiger partial charge < -0.3 is 5.11 Å². The van der Waals surface area contributed by atoms with Crippen molar-refractivity contribution in [2.45, 2.75) is 0 Å². The summed E-state index contributed by atoms with van der Waals surface area (Å²) in [4.78, 5) is 19.1. The predicted octanol–water partition coefficient (Wildman–Crippen LogP) is 3.65. The van der Waals surface area contributed by atoms with Gasteiger partial charge in [-0.15, -0.1) is 0 Å². The lowest BCUT2D eigenvalue weighted by Crippen LogP contribution is -2.02. The summed E-state index contributed by atoms with van der Waals surface area (Å²) in [5.74, 6) is -2.06. The van der Waals surface area contributed by atoms with Crippen LogP contribution in [0.3, 0.4) is 0 Å². The standard InChI is InChI=1S/C17H11FN2O2/c18-16-10-14(12-3-7-20-8-4-12)13(9-15(16)17(21)22)11-1-5-19-6-2-11/h1-10H,(H,21,22). The fraction of sp³-hybridized carbons (Fsp3) is 0. The third-order valence-corrected chi connectivity index (χ3v) is 3.32. The first-order chi connectivity index (χ1) is 10.7. The van der Waals surface area contributed by atoms with Gasteiger partial charge in [0.2, 0.25) is 0 Å². The van der Waals surface area contributed by atoms with Gasteiger partial charge in [-0.25, -0.2) is 9.18 Å². The molecule has 2 heterocycles. The Morgan fingerprint density at radius 2 is 1.32 bits per heavy atom. The van der Waals surface area contributed by atoms with Gasteiger partial charge in [-0.05, 0) is 58.7 Å². The van der Waals surface area contributed by atoms with Crippen LogP contribution in [-0.4, -0.2) is 21.0 Å². The van der Waals surface area contributed by atoms with E-state index >= 15 is 0 Å². The number of carbonyl (C=O) groups is 1. The third kappa shape index (κ3) is 2.56. The Bertz CT molecular complexity index is 821. The molecule has 0 unspecified atom stereocenters. The number of benzene rings is 1. The monoisotopic (exact) mass is 294 g/mol. The molecule has 0 bridgehead atoms. The lowest BCUT2D eigenvalue weighted by molar-refractivity contribution is 0.0692. The quantitative estimate of drug-likeness (QED) is 0.801. The molecule has 1 N–H and O–H groups in total. The molecule has 0 amide bonds. The minimum absolute atomic E-state index is 0.357. The highest BCUT2D eigenvalue weighted by Crippen LogP contribution is 2.33. The SMILES string of the molecule is O=C(O)c1cc(-c2ccncc2)c(-c2ccncc2)cc1F. The summed E-state index contributed by atoms with van der Waals surface area (Å²) in [6.07, 6.45) is 6.42. The van der Waals surface area contributed by atoms with Crippen LogP contribution < -0.4 is 0 Å². The molecule has 3 rings (SSSR count). The van der Waals surface area contributed by atoms with Crippen molar-refractivity contribution in [1.82, 2.24) is 9.97 Å². The van der Waals surface area contributed by atoms with Crippen LogP contribution in [-0.2, 0) is 0 Å². The van der Waals surface area contributed by atoms with E-state index in [4.69, 9.17) is 5.11 Å². The zero-order valence-corrected chi connectivity index (χ0v) is 11.4. The zero-order valence-electron chi connectivity index (χ0n) is 11.4. The van der Waals surface area contributed by atoms with Crippen molar-refractivity contribution >= 4 is 5.97 Å². The third-order valence-electron chi connectivity index (χ3n) is 3.32. The topological polar surface area (TPSA) is 63.1 Å². The molecule has 22 heavy (non-hydrogen) atoms. The van der Waals surface area contributed by atoms with E-state index in [0.29, 0.717) is 11.1 Å². The molecule has 0 aliphatic carbocycles. The van der Waals surface area contributed by atoms with Gasteiger partial charge in [0.15, 0.2) is 0 Å². The maximum atomic E-state index is 14.1. The van der Waals surface area contributed by atoms with E-state index in [1.165, 1.54) is 12.1 Å². The molecule has 108 valence electrons. The van der Waals surface area contributed by atoms with Crippen LogP contribution in [0.25, 0.3) is 22.3 Å². The summed E-state index contributed by atoms with van der Waals surface area (Å²) in [7, 11) is 0. The zero-order chi connectivity index (χ0) is 15.5. The number of hydrogen-bond donors (Lipinski definition) is 1. The average Bonchev–Trinajstić information content (AvgIpc) is 2.56. The van der Waals surface area contributed by atoms with Crippen molar-refractivity contribution < 1.29 is 14.3 Å². The Morgan fingerprint density at radius 1 is 0.864 bits per heavy atom. The number of hydrogen-bond acceptors (Lipinski definition) is 3. The number of nitrogens with zero attached hydrogens (tertiary/aromatic N) is 2. The molecular formula is C17H11FN2O2. The molecular weight excluding hydrogens is 283 g/mol. The van der Waals surface area contributed by atoms with Gasteiger partial charge in [-0.3, -0.25) is 9.97 Å². The number of aromatic carboxylic acids is 1. The van der Waals surface area contributed by atoms with Crippen molar-refractivity contribution in [3.05, 3.63) is 72.6 Å². The Kier molecular flexibility index (Phi) is 3.62. The minimum atomic E-state index is -1.30. The molecule has 0 fully saturated rings. The minimum Gasteiger partial charge on any atom is -0.478 e. The molecule has 0 spiro atoms. The highest BCUT2D eigenvalue weighted by molar-refractivity contribution is 5.93. The van der Waals surface area contributed by atoms with Crippen LogP contribution in [0.2, 0.25) is 0 Å². The van der Waals surface area contributed by atoms with Crippen molar-refractivity contribution in [2.24, 2.45) is 0 Å². The molecule has 0 aliphatic heterocycles. The predicted molar refractivity (Wildman–Crippen MR) is 79.8 cm³/mol. The Morgan fingerprint density at radius 3 is 1.77 bits per heavy atom. The van der Waals surface area contributed by atoms with Crippen LogP contribution in [0.4, 0.5) is 4.39 Å². The van der Waals surface area contributed by atoms with E-state index in [-0.39, 0.29) is 5.56 Å². The first-order valence-electron chi connectivity index (χ1n) is 6.54. The Balaban J connectivity index is 2.29. The number of halogens is 1. The smallest absolute Gasteiger partial charge is 0.338 e. The van der Waals surface area contributed by atoms with Crippen LogP contribution in [0.5, 0.6) is 0 Å². The number of rotatable bonds is 3. The van der Waals surface area contributed by atoms with E-state index in [2.05, 4.69) is 9.97 Å². The van der Waals surface area contributed by atoms with Gasteiger partial charge >= 0.3 is 5.97 Å². The van der Waals surface area contributed by atoms with Crippen molar-refractivity contribution in [1.29, 1.82) is 0 Å².